The van der Waals surface area contributed by atoms with Crippen LogP contribution in [-0.2, 0) is 0 Å². The van der Waals surface area contributed by atoms with Crippen LogP contribution in [0.25, 0.3) is 11.1 Å². The van der Waals surface area contributed by atoms with Crippen LogP contribution in [0.4, 0.5) is 4.39 Å². The highest BCUT2D eigenvalue weighted by Crippen LogP contribution is 2.36. The molecule has 2 aliphatic heterocycles. The van der Waals surface area contributed by atoms with Crippen molar-refractivity contribution in [3.05, 3.63) is 78.1 Å². The molecule has 0 radical (unpaired) electrons. The molecule has 3 aromatic rings. The lowest BCUT2D eigenvalue weighted by Gasteiger charge is -2.32. The van der Waals surface area contributed by atoms with E-state index >= 15 is 0 Å². The first-order valence-corrected chi connectivity index (χ1v) is 10.4. The number of halogens is 1. The number of hydrogen-bond acceptors (Lipinski definition) is 4. The number of nitrogens with one attached hydrogen (secondary N) is 1. The van der Waals surface area contributed by atoms with Crippen LogP contribution in [0.1, 0.15) is 17.9 Å². The fourth-order valence-corrected chi connectivity index (χ4v) is 4.27. The number of rotatable bonds is 5. The molecular weight excluding hydrogens is 381 g/mol. The number of hydrogen-bond donors (Lipinski definition) is 1. The zero-order chi connectivity index (χ0) is 20.3. The van der Waals surface area contributed by atoms with Crippen molar-refractivity contribution in [1.82, 2.24) is 5.32 Å². The first kappa shape index (κ1) is 18.9. The van der Waals surface area contributed by atoms with Crippen LogP contribution < -0.4 is 19.5 Å². The van der Waals surface area contributed by atoms with Gasteiger partial charge < -0.3 is 19.5 Å². The second kappa shape index (κ2) is 8.36. The monoisotopic (exact) mass is 405 g/mol. The Hall–Kier alpha value is -3.05. The molecule has 3 aromatic carbocycles. The molecule has 0 bridgehead atoms. The van der Waals surface area contributed by atoms with Gasteiger partial charge in [0, 0.05) is 18.5 Å². The third-order valence-electron chi connectivity index (χ3n) is 5.93. The lowest BCUT2D eigenvalue weighted by molar-refractivity contribution is 0.173. The van der Waals surface area contributed by atoms with Gasteiger partial charge in [0.05, 0.1) is 6.61 Å². The molecule has 0 aromatic heterocycles. The van der Waals surface area contributed by atoms with E-state index in [9.17, 15) is 4.39 Å². The number of benzene rings is 3. The second-order valence-electron chi connectivity index (χ2n) is 7.81. The minimum Gasteiger partial charge on any atom is -0.493 e. The summed E-state index contributed by atoms with van der Waals surface area (Å²) in [5.41, 5.74) is 3.44. The zero-order valence-electron chi connectivity index (χ0n) is 16.6. The maximum atomic E-state index is 13.2. The lowest BCUT2D eigenvalue weighted by atomic mass is 9.81. The number of piperidine rings is 1. The molecule has 1 saturated heterocycles. The van der Waals surface area contributed by atoms with Crippen molar-refractivity contribution < 1.29 is 18.6 Å². The van der Waals surface area contributed by atoms with Crippen molar-refractivity contribution in [3.8, 4) is 28.4 Å². The Morgan fingerprint density at radius 2 is 1.63 bits per heavy atom. The number of ether oxygens (including phenoxy) is 3. The maximum Gasteiger partial charge on any atom is 0.231 e. The number of fused-ring (bicyclic) bond motifs is 1. The van der Waals surface area contributed by atoms with Crippen LogP contribution in [0.2, 0.25) is 0 Å². The minimum atomic E-state index is -0.213. The van der Waals surface area contributed by atoms with Crippen LogP contribution in [0.15, 0.2) is 66.7 Å². The van der Waals surface area contributed by atoms with Crippen LogP contribution in [0.5, 0.6) is 17.2 Å². The normalized spacial score (nSPS) is 20.2. The van der Waals surface area contributed by atoms with E-state index in [2.05, 4.69) is 29.6 Å². The highest BCUT2D eigenvalue weighted by atomic mass is 19.1. The summed E-state index contributed by atoms with van der Waals surface area (Å²) in [6, 6.07) is 21.0. The van der Waals surface area contributed by atoms with Gasteiger partial charge in [-0.25, -0.2) is 4.39 Å². The fraction of sp³-hybridized carbons (Fsp3) is 0.280. The summed E-state index contributed by atoms with van der Waals surface area (Å²) in [6.45, 7) is 2.83. The Bertz CT molecular complexity index is 1000. The Kier molecular flexibility index (Phi) is 5.28. The van der Waals surface area contributed by atoms with Crippen molar-refractivity contribution in [2.75, 3.05) is 26.5 Å². The van der Waals surface area contributed by atoms with E-state index in [1.54, 1.807) is 0 Å². The Morgan fingerprint density at radius 1 is 0.900 bits per heavy atom. The Balaban J connectivity index is 1.28. The summed E-state index contributed by atoms with van der Waals surface area (Å²) in [7, 11) is 0. The smallest absolute Gasteiger partial charge is 0.231 e. The first-order valence-electron chi connectivity index (χ1n) is 10.4. The average molecular weight is 405 g/mol. The van der Waals surface area contributed by atoms with Gasteiger partial charge in [-0.15, -0.1) is 0 Å². The summed E-state index contributed by atoms with van der Waals surface area (Å²) in [6.07, 6.45) is 1.07. The van der Waals surface area contributed by atoms with Gasteiger partial charge in [0.15, 0.2) is 11.5 Å². The van der Waals surface area contributed by atoms with Crippen LogP contribution in [-0.4, -0.2) is 26.5 Å². The van der Waals surface area contributed by atoms with Gasteiger partial charge in [0.1, 0.15) is 11.6 Å². The van der Waals surface area contributed by atoms with Crippen LogP contribution >= 0.6 is 0 Å². The second-order valence-corrected chi connectivity index (χ2v) is 7.81. The van der Waals surface area contributed by atoms with E-state index in [1.165, 1.54) is 17.7 Å². The van der Waals surface area contributed by atoms with Gasteiger partial charge in [-0.3, -0.25) is 0 Å². The van der Waals surface area contributed by atoms with Gasteiger partial charge in [-0.05, 0) is 59.8 Å². The molecule has 30 heavy (non-hydrogen) atoms. The topological polar surface area (TPSA) is 39.7 Å². The minimum absolute atomic E-state index is 0.213. The Morgan fingerprint density at radius 3 is 2.43 bits per heavy atom. The SMILES string of the molecule is Fc1ccc(-c2ccc(C3CCNCC3COc3ccc4c(c3)OCO4)cc2)cc1. The van der Waals surface area contributed by atoms with E-state index in [0.29, 0.717) is 18.4 Å². The van der Waals surface area contributed by atoms with E-state index < -0.39 is 0 Å². The molecular formula is C25H24FNO3. The summed E-state index contributed by atoms with van der Waals surface area (Å²) >= 11 is 0. The maximum absolute atomic E-state index is 13.2. The fourth-order valence-electron chi connectivity index (χ4n) is 4.27. The zero-order valence-corrected chi connectivity index (χ0v) is 16.6. The molecule has 2 aliphatic rings. The van der Waals surface area contributed by atoms with E-state index in [1.807, 2.05) is 30.3 Å². The Labute approximate surface area is 175 Å². The van der Waals surface area contributed by atoms with Gasteiger partial charge in [0.25, 0.3) is 0 Å². The lowest BCUT2D eigenvalue weighted by Crippen LogP contribution is -2.38. The quantitative estimate of drug-likeness (QED) is 0.649. The van der Waals surface area contributed by atoms with Gasteiger partial charge >= 0.3 is 0 Å². The van der Waals surface area contributed by atoms with Gasteiger partial charge in [0.2, 0.25) is 6.79 Å². The predicted octanol–water partition coefficient (Wildman–Crippen LogP) is 4.99. The van der Waals surface area contributed by atoms with Crippen molar-refractivity contribution in [1.29, 1.82) is 0 Å². The van der Waals surface area contributed by atoms with Gasteiger partial charge in [-0.2, -0.15) is 0 Å². The molecule has 2 heterocycles. The van der Waals surface area contributed by atoms with Crippen molar-refractivity contribution >= 4 is 0 Å². The van der Waals surface area contributed by atoms with Crippen molar-refractivity contribution in [2.24, 2.45) is 5.92 Å². The molecule has 0 aliphatic carbocycles. The highest BCUT2D eigenvalue weighted by molar-refractivity contribution is 5.63. The highest BCUT2D eigenvalue weighted by Gasteiger charge is 2.27. The van der Waals surface area contributed by atoms with E-state index in [4.69, 9.17) is 14.2 Å². The molecule has 1 fully saturated rings. The van der Waals surface area contributed by atoms with Crippen LogP contribution in [0, 0.1) is 11.7 Å². The molecule has 0 spiro atoms. The standard InChI is InChI=1S/C25H24FNO3/c26-21-7-5-18(6-8-21)17-1-3-19(4-2-17)23-11-12-27-14-20(23)15-28-22-9-10-24-25(13-22)30-16-29-24/h1-10,13,20,23,27H,11-12,14-16H2. The van der Waals surface area contributed by atoms with Crippen molar-refractivity contribution in [3.63, 3.8) is 0 Å². The van der Waals surface area contributed by atoms with Crippen molar-refractivity contribution in [2.45, 2.75) is 12.3 Å². The summed E-state index contributed by atoms with van der Waals surface area (Å²) in [4.78, 5) is 0. The van der Waals surface area contributed by atoms with E-state index in [0.717, 1.165) is 47.9 Å². The third-order valence-corrected chi connectivity index (χ3v) is 5.93. The summed E-state index contributed by atoms with van der Waals surface area (Å²) < 4.78 is 30.1. The predicted molar refractivity (Wildman–Crippen MR) is 114 cm³/mol. The molecule has 5 heteroatoms. The summed E-state index contributed by atoms with van der Waals surface area (Å²) in [5, 5.41) is 3.49. The molecule has 4 nitrogen and oxygen atoms in total. The molecule has 154 valence electrons. The molecule has 0 saturated carbocycles. The first-order chi connectivity index (χ1) is 14.8. The molecule has 1 N–H and O–H groups in total. The largest absolute Gasteiger partial charge is 0.493 e. The summed E-state index contributed by atoms with van der Waals surface area (Å²) in [5.74, 6) is 2.90. The molecule has 0 amide bonds. The van der Waals surface area contributed by atoms with E-state index in [-0.39, 0.29) is 12.6 Å². The van der Waals surface area contributed by atoms with Crippen LogP contribution in [0.3, 0.4) is 0 Å². The molecule has 2 unspecified atom stereocenters. The molecule has 5 rings (SSSR count). The molecule has 2 atom stereocenters. The third kappa shape index (κ3) is 3.98. The van der Waals surface area contributed by atoms with Gasteiger partial charge in [-0.1, -0.05) is 36.4 Å². The average Bonchev–Trinajstić information content (AvgIpc) is 3.27.